The molecule has 0 aliphatic rings. The molecule has 0 amide bonds. The summed E-state index contributed by atoms with van der Waals surface area (Å²) in [5.74, 6) is 0.398. The van der Waals surface area contributed by atoms with Gasteiger partial charge in [-0.05, 0) is 41.3 Å². The molecule has 2 aromatic carbocycles. The summed E-state index contributed by atoms with van der Waals surface area (Å²) in [7, 11) is 0. The Kier molecular flexibility index (Phi) is 5.09. The average Bonchev–Trinajstić information content (AvgIpc) is 2.46. The molecule has 0 unspecified atom stereocenters. The van der Waals surface area contributed by atoms with E-state index in [1.807, 2.05) is 30.3 Å². The van der Waals surface area contributed by atoms with E-state index >= 15 is 0 Å². The van der Waals surface area contributed by atoms with Crippen molar-refractivity contribution in [2.24, 2.45) is 5.73 Å². The number of hydrogen-bond acceptors (Lipinski definition) is 3. The van der Waals surface area contributed by atoms with Crippen LogP contribution in [0.4, 0.5) is 4.39 Å². The van der Waals surface area contributed by atoms with E-state index in [4.69, 9.17) is 15.6 Å². The average molecular weight is 275 g/mol. The van der Waals surface area contributed by atoms with Crippen LogP contribution in [0.5, 0.6) is 5.75 Å². The van der Waals surface area contributed by atoms with Crippen molar-refractivity contribution in [3.63, 3.8) is 0 Å². The molecule has 0 fully saturated rings. The van der Waals surface area contributed by atoms with Crippen molar-refractivity contribution in [3.8, 4) is 5.75 Å². The third kappa shape index (κ3) is 3.79. The van der Waals surface area contributed by atoms with Gasteiger partial charge in [-0.1, -0.05) is 24.3 Å². The minimum absolute atomic E-state index is 0.0671. The molecule has 0 heterocycles. The van der Waals surface area contributed by atoms with Crippen LogP contribution in [-0.2, 0) is 19.6 Å². The molecule has 4 heteroatoms. The number of hydrogen-bond donors (Lipinski definition) is 2. The van der Waals surface area contributed by atoms with E-state index in [9.17, 15) is 4.39 Å². The lowest BCUT2D eigenvalue weighted by atomic mass is 10.1. The van der Waals surface area contributed by atoms with Gasteiger partial charge >= 0.3 is 0 Å². The van der Waals surface area contributed by atoms with E-state index in [-0.39, 0.29) is 19.0 Å². The molecule has 0 aliphatic carbocycles. The standard InChI is InChI=1S/C16H18FNO2/c17-15-8-12(10-18)7-13(9-15)11-20-16-4-2-1-3-14(16)5-6-19/h1-4,7-9,19H,5-6,10-11,18H2. The highest BCUT2D eigenvalue weighted by molar-refractivity contribution is 5.34. The van der Waals surface area contributed by atoms with Gasteiger partial charge in [0.05, 0.1) is 0 Å². The Morgan fingerprint density at radius 2 is 1.85 bits per heavy atom. The van der Waals surface area contributed by atoms with Crippen molar-refractivity contribution in [3.05, 3.63) is 65.0 Å². The van der Waals surface area contributed by atoms with Crippen molar-refractivity contribution < 1.29 is 14.2 Å². The monoisotopic (exact) mass is 275 g/mol. The van der Waals surface area contributed by atoms with Crippen molar-refractivity contribution in [1.29, 1.82) is 0 Å². The number of rotatable bonds is 6. The molecule has 3 nitrogen and oxygen atoms in total. The van der Waals surface area contributed by atoms with Crippen molar-refractivity contribution in [2.75, 3.05) is 6.61 Å². The van der Waals surface area contributed by atoms with Gasteiger partial charge in [0.1, 0.15) is 18.2 Å². The van der Waals surface area contributed by atoms with Crippen molar-refractivity contribution in [2.45, 2.75) is 19.6 Å². The summed E-state index contributed by atoms with van der Waals surface area (Å²) in [6.45, 7) is 0.636. The Morgan fingerprint density at radius 1 is 1.10 bits per heavy atom. The van der Waals surface area contributed by atoms with Gasteiger partial charge in [0.25, 0.3) is 0 Å². The van der Waals surface area contributed by atoms with Crippen molar-refractivity contribution >= 4 is 0 Å². The summed E-state index contributed by atoms with van der Waals surface area (Å²) in [6.07, 6.45) is 0.535. The first kappa shape index (κ1) is 14.5. The molecule has 0 saturated heterocycles. The highest BCUT2D eigenvalue weighted by Gasteiger charge is 2.05. The number of aliphatic hydroxyl groups excluding tert-OH is 1. The smallest absolute Gasteiger partial charge is 0.123 e. The molecule has 0 aliphatic heterocycles. The van der Waals surface area contributed by atoms with E-state index in [1.165, 1.54) is 12.1 Å². The minimum atomic E-state index is -0.310. The Hall–Kier alpha value is -1.91. The zero-order valence-corrected chi connectivity index (χ0v) is 11.2. The van der Waals surface area contributed by atoms with Gasteiger partial charge in [0.2, 0.25) is 0 Å². The zero-order valence-electron chi connectivity index (χ0n) is 11.2. The summed E-state index contributed by atoms with van der Waals surface area (Å²) in [5.41, 5.74) is 7.94. The van der Waals surface area contributed by atoms with Gasteiger partial charge in [-0.2, -0.15) is 0 Å². The Morgan fingerprint density at radius 3 is 2.60 bits per heavy atom. The number of aliphatic hydroxyl groups is 1. The molecule has 2 rings (SSSR count). The molecule has 0 bridgehead atoms. The quantitative estimate of drug-likeness (QED) is 0.851. The first-order valence-corrected chi connectivity index (χ1v) is 6.53. The number of nitrogens with two attached hydrogens (primary N) is 1. The summed E-state index contributed by atoms with van der Waals surface area (Å²) >= 11 is 0. The van der Waals surface area contributed by atoms with E-state index < -0.39 is 0 Å². The number of para-hydroxylation sites is 1. The Bertz CT molecular complexity index is 572. The predicted molar refractivity (Wildman–Crippen MR) is 75.9 cm³/mol. The van der Waals surface area contributed by atoms with E-state index in [0.29, 0.717) is 18.7 Å². The van der Waals surface area contributed by atoms with Gasteiger partial charge < -0.3 is 15.6 Å². The largest absolute Gasteiger partial charge is 0.489 e. The maximum atomic E-state index is 13.4. The third-order valence-corrected chi connectivity index (χ3v) is 3.00. The molecule has 20 heavy (non-hydrogen) atoms. The second-order valence-corrected chi connectivity index (χ2v) is 4.54. The summed E-state index contributed by atoms with van der Waals surface area (Å²) in [5, 5.41) is 9.02. The summed E-state index contributed by atoms with van der Waals surface area (Å²) in [4.78, 5) is 0. The molecule has 106 valence electrons. The molecule has 0 saturated carbocycles. The van der Waals surface area contributed by atoms with Crippen LogP contribution in [0.25, 0.3) is 0 Å². The van der Waals surface area contributed by atoms with Gasteiger partial charge in [0, 0.05) is 13.2 Å². The van der Waals surface area contributed by atoms with Crippen LogP contribution >= 0.6 is 0 Å². The lowest BCUT2D eigenvalue weighted by molar-refractivity contribution is 0.283. The zero-order chi connectivity index (χ0) is 14.4. The lowest BCUT2D eigenvalue weighted by Gasteiger charge is -2.11. The fraction of sp³-hybridized carbons (Fsp3) is 0.250. The van der Waals surface area contributed by atoms with Gasteiger partial charge in [-0.3, -0.25) is 0 Å². The maximum absolute atomic E-state index is 13.4. The van der Waals surface area contributed by atoms with Crippen molar-refractivity contribution in [1.82, 2.24) is 0 Å². The van der Waals surface area contributed by atoms with E-state index in [0.717, 1.165) is 16.7 Å². The number of halogens is 1. The first-order chi connectivity index (χ1) is 9.72. The second kappa shape index (κ2) is 7.03. The Balaban J connectivity index is 2.10. The third-order valence-electron chi connectivity index (χ3n) is 3.00. The van der Waals surface area contributed by atoms with Crippen LogP contribution in [0, 0.1) is 5.82 Å². The normalized spacial score (nSPS) is 10.6. The maximum Gasteiger partial charge on any atom is 0.123 e. The topological polar surface area (TPSA) is 55.5 Å². The second-order valence-electron chi connectivity index (χ2n) is 4.54. The van der Waals surface area contributed by atoms with Crippen LogP contribution in [0.15, 0.2) is 42.5 Å². The summed E-state index contributed by atoms with van der Waals surface area (Å²) < 4.78 is 19.1. The molecule has 0 atom stereocenters. The summed E-state index contributed by atoms with van der Waals surface area (Å²) in [6, 6.07) is 12.2. The Labute approximate surface area is 117 Å². The van der Waals surface area contributed by atoms with Gasteiger partial charge in [0.15, 0.2) is 0 Å². The molecular weight excluding hydrogens is 257 g/mol. The predicted octanol–water partition coefficient (Wildman–Crippen LogP) is 2.40. The van der Waals surface area contributed by atoms with Gasteiger partial charge in [-0.25, -0.2) is 4.39 Å². The molecule has 0 aromatic heterocycles. The minimum Gasteiger partial charge on any atom is -0.489 e. The van der Waals surface area contributed by atoms with Crippen LogP contribution in [0.3, 0.4) is 0 Å². The molecule has 0 spiro atoms. The highest BCUT2D eigenvalue weighted by Crippen LogP contribution is 2.20. The number of ether oxygens (including phenoxy) is 1. The fourth-order valence-corrected chi connectivity index (χ4v) is 2.05. The molecule has 0 radical (unpaired) electrons. The van der Waals surface area contributed by atoms with Crippen LogP contribution in [-0.4, -0.2) is 11.7 Å². The van der Waals surface area contributed by atoms with Crippen LogP contribution in [0.2, 0.25) is 0 Å². The molecular formula is C16H18FNO2. The fourth-order valence-electron chi connectivity index (χ4n) is 2.05. The first-order valence-electron chi connectivity index (χ1n) is 6.53. The van der Waals surface area contributed by atoms with Gasteiger partial charge in [-0.15, -0.1) is 0 Å². The lowest BCUT2D eigenvalue weighted by Crippen LogP contribution is -2.03. The SMILES string of the molecule is NCc1cc(F)cc(COc2ccccc2CCO)c1. The van der Waals surface area contributed by atoms with E-state index in [2.05, 4.69) is 0 Å². The number of benzene rings is 2. The van der Waals surface area contributed by atoms with Crippen LogP contribution in [0.1, 0.15) is 16.7 Å². The van der Waals surface area contributed by atoms with E-state index in [1.54, 1.807) is 0 Å². The van der Waals surface area contributed by atoms with Crippen LogP contribution < -0.4 is 10.5 Å². The molecule has 2 aromatic rings. The molecule has 3 N–H and O–H groups in total. The highest BCUT2D eigenvalue weighted by atomic mass is 19.1.